The number of para-hydroxylation sites is 1. The summed E-state index contributed by atoms with van der Waals surface area (Å²) in [5.74, 6) is 0.950. The van der Waals surface area contributed by atoms with E-state index in [1.807, 2.05) is 12.1 Å². The molecule has 3 nitrogen and oxygen atoms in total. The number of benzene rings is 4. The Kier molecular flexibility index (Phi) is 4.53. The molecule has 0 saturated carbocycles. The molecule has 6 rings (SSSR count). The zero-order valence-electron chi connectivity index (χ0n) is 18.0. The van der Waals surface area contributed by atoms with Gasteiger partial charge in [0, 0.05) is 17.5 Å². The number of aryl methyl sites for hydroxylation is 1. The Labute approximate surface area is 188 Å². The molecule has 0 radical (unpaired) electrons. The van der Waals surface area contributed by atoms with E-state index in [9.17, 15) is 0 Å². The second-order valence-corrected chi connectivity index (χ2v) is 8.51. The van der Waals surface area contributed by atoms with Crippen molar-refractivity contribution in [3.05, 3.63) is 125 Å². The zero-order chi connectivity index (χ0) is 21.5. The Morgan fingerprint density at radius 1 is 0.719 bits per heavy atom. The van der Waals surface area contributed by atoms with E-state index in [2.05, 4.69) is 103 Å². The van der Waals surface area contributed by atoms with Gasteiger partial charge in [0.25, 0.3) is 0 Å². The number of nitrogens with zero attached hydrogens (tertiary/aromatic N) is 2. The summed E-state index contributed by atoms with van der Waals surface area (Å²) < 4.78 is 6.50. The van der Waals surface area contributed by atoms with Gasteiger partial charge in [0.05, 0.1) is 11.8 Å². The second-order valence-electron chi connectivity index (χ2n) is 8.51. The van der Waals surface area contributed by atoms with E-state index in [4.69, 9.17) is 9.84 Å². The highest BCUT2D eigenvalue weighted by Gasteiger charge is 2.40. The Bertz CT molecular complexity index is 1280. The summed E-state index contributed by atoms with van der Waals surface area (Å²) in [7, 11) is 0. The molecule has 0 aromatic heterocycles. The van der Waals surface area contributed by atoms with Crippen LogP contribution in [0.1, 0.15) is 40.9 Å². The smallest absolute Gasteiger partial charge is 0.213 e. The summed E-state index contributed by atoms with van der Waals surface area (Å²) in [5, 5.41) is 7.22. The number of ether oxygens (including phenoxy) is 1. The molecule has 2 atom stereocenters. The van der Waals surface area contributed by atoms with E-state index < -0.39 is 0 Å². The van der Waals surface area contributed by atoms with E-state index in [0.717, 1.165) is 23.4 Å². The van der Waals surface area contributed by atoms with E-state index >= 15 is 0 Å². The van der Waals surface area contributed by atoms with Crippen LogP contribution in [0.2, 0.25) is 0 Å². The Morgan fingerprint density at radius 3 is 2.16 bits per heavy atom. The number of hydrazone groups is 1. The first kappa shape index (κ1) is 18.9. The van der Waals surface area contributed by atoms with Crippen LogP contribution in [-0.2, 0) is 0 Å². The first-order valence-electron chi connectivity index (χ1n) is 11.1. The van der Waals surface area contributed by atoms with Crippen molar-refractivity contribution in [1.82, 2.24) is 5.01 Å². The molecule has 156 valence electrons. The summed E-state index contributed by atoms with van der Waals surface area (Å²) in [6.07, 6.45) is 0.629. The molecule has 4 aromatic rings. The largest absolute Gasteiger partial charge is 0.464 e. The molecule has 0 saturated heterocycles. The van der Waals surface area contributed by atoms with Crippen LogP contribution in [0.3, 0.4) is 0 Å². The summed E-state index contributed by atoms with van der Waals surface area (Å²) in [6, 6.07) is 36.3. The molecule has 0 N–H and O–H groups in total. The third-order valence-corrected chi connectivity index (χ3v) is 6.39. The van der Waals surface area contributed by atoms with Gasteiger partial charge in [-0.15, -0.1) is 0 Å². The van der Waals surface area contributed by atoms with Crippen molar-refractivity contribution in [2.75, 3.05) is 0 Å². The van der Waals surface area contributed by atoms with Crippen molar-refractivity contribution in [3.8, 4) is 16.9 Å². The summed E-state index contributed by atoms with van der Waals surface area (Å²) in [6.45, 7) is 2.11. The number of hydrogen-bond donors (Lipinski definition) is 0. The van der Waals surface area contributed by atoms with Crippen molar-refractivity contribution < 1.29 is 4.74 Å². The maximum absolute atomic E-state index is 6.50. The van der Waals surface area contributed by atoms with Crippen LogP contribution >= 0.6 is 0 Å². The molecule has 4 aromatic carbocycles. The molecule has 3 heteroatoms. The first-order chi connectivity index (χ1) is 15.8. The molecule has 0 aliphatic carbocycles. The van der Waals surface area contributed by atoms with E-state index in [-0.39, 0.29) is 12.3 Å². The second kappa shape index (κ2) is 7.69. The summed E-state index contributed by atoms with van der Waals surface area (Å²) >= 11 is 0. The quantitative estimate of drug-likeness (QED) is 0.363. The van der Waals surface area contributed by atoms with E-state index in [0.29, 0.717) is 0 Å². The minimum absolute atomic E-state index is 0.176. The van der Waals surface area contributed by atoms with Gasteiger partial charge in [-0.2, -0.15) is 5.10 Å². The fourth-order valence-corrected chi connectivity index (χ4v) is 4.65. The molecule has 32 heavy (non-hydrogen) atoms. The van der Waals surface area contributed by atoms with Gasteiger partial charge in [-0.1, -0.05) is 103 Å². The van der Waals surface area contributed by atoms with Crippen molar-refractivity contribution in [3.63, 3.8) is 0 Å². The Balaban J connectivity index is 1.38. The standard InChI is InChI=1S/C29H24N2O/c1-20-11-13-23(14-12-20)26-19-27-25-9-5-6-10-28(25)32-29(31(27)30-26)24-17-15-22(16-18-24)21-7-3-2-4-8-21/h2-18,27,29H,19H2,1H3/t27-,29+/m0/s1. The van der Waals surface area contributed by atoms with Gasteiger partial charge in [0.1, 0.15) is 5.75 Å². The Morgan fingerprint density at radius 2 is 1.38 bits per heavy atom. The van der Waals surface area contributed by atoms with Crippen molar-refractivity contribution in [1.29, 1.82) is 0 Å². The average molecular weight is 417 g/mol. The average Bonchev–Trinajstić information content (AvgIpc) is 3.30. The van der Waals surface area contributed by atoms with Crippen LogP contribution in [0, 0.1) is 6.92 Å². The van der Waals surface area contributed by atoms with E-state index in [1.165, 1.54) is 27.8 Å². The van der Waals surface area contributed by atoms with Gasteiger partial charge in [-0.3, -0.25) is 0 Å². The van der Waals surface area contributed by atoms with Gasteiger partial charge < -0.3 is 4.74 Å². The summed E-state index contributed by atoms with van der Waals surface area (Å²) in [4.78, 5) is 0. The lowest BCUT2D eigenvalue weighted by Crippen LogP contribution is -2.33. The maximum Gasteiger partial charge on any atom is 0.213 e. The molecular weight excluding hydrogens is 392 g/mol. The number of fused-ring (bicyclic) bond motifs is 3. The molecule has 0 unspecified atom stereocenters. The lowest BCUT2D eigenvalue weighted by Gasteiger charge is -2.38. The van der Waals surface area contributed by atoms with Gasteiger partial charge >= 0.3 is 0 Å². The van der Waals surface area contributed by atoms with E-state index in [1.54, 1.807) is 0 Å². The van der Waals surface area contributed by atoms with Gasteiger partial charge in [-0.25, -0.2) is 5.01 Å². The third kappa shape index (κ3) is 3.27. The topological polar surface area (TPSA) is 24.8 Å². The fraction of sp³-hybridized carbons (Fsp3) is 0.138. The molecule has 2 aliphatic rings. The minimum atomic E-state index is -0.248. The zero-order valence-corrected chi connectivity index (χ0v) is 18.0. The van der Waals surface area contributed by atoms with Gasteiger partial charge in [0.2, 0.25) is 6.23 Å². The van der Waals surface area contributed by atoms with Gasteiger partial charge in [0.15, 0.2) is 0 Å². The maximum atomic E-state index is 6.50. The summed E-state index contributed by atoms with van der Waals surface area (Å²) in [5.41, 5.74) is 8.28. The highest BCUT2D eigenvalue weighted by atomic mass is 16.5. The highest BCUT2D eigenvalue weighted by molar-refractivity contribution is 6.02. The molecule has 0 amide bonds. The Hall–Kier alpha value is -3.85. The fourth-order valence-electron chi connectivity index (χ4n) is 4.65. The lowest BCUT2D eigenvalue weighted by molar-refractivity contribution is -0.0190. The molecule has 2 aliphatic heterocycles. The van der Waals surface area contributed by atoms with Crippen LogP contribution in [0.4, 0.5) is 0 Å². The molecule has 0 spiro atoms. The van der Waals surface area contributed by atoms with Crippen molar-refractivity contribution >= 4 is 5.71 Å². The molecule has 0 bridgehead atoms. The number of hydrogen-bond acceptors (Lipinski definition) is 3. The molecule has 0 fully saturated rings. The third-order valence-electron chi connectivity index (χ3n) is 6.39. The number of rotatable bonds is 3. The lowest BCUT2D eigenvalue weighted by atomic mass is 9.95. The van der Waals surface area contributed by atoms with Crippen molar-refractivity contribution in [2.45, 2.75) is 25.6 Å². The molecule has 2 heterocycles. The van der Waals surface area contributed by atoms with Crippen LogP contribution in [0.15, 0.2) is 108 Å². The minimum Gasteiger partial charge on any atom is -0.464 e. The monoisotopic (exact) mass is 416 g/mol. The SMILES string of the molecule is Cc1ccc(C2=NN3[C@@H](c4ccc(-c5ccccc5)cc4)Oc4ccccc4[C@@H]3C2)cc1. The van der Waals surface area contributed by atoms with Gasteiger partial charge in [-0.05, 0) is 29.7 Å². The van der Waals surface area contributed by atoms with Crippen LogP contribution in [-0.4, -0.2) is 10.7 Å². The van der Waals surface area contributed by atoms with Crippen molar-refractivity contribution in [2.24, 2.45) is 5.10 Å². The van der Waals surface area contributed by atoms with Crippen LogP contribution in [0.5, 0.6) is 5.75 Å². The normalized spacial score (nSPS) is 19.0. The first-order valence-corrected chi connectivity index (χ1v) is 11.1. The predicted octanol–water partition coefficient (Wildman–Crippen LogP) is 6.90. The predicted molar refractivity (Wildman–Crippen MR) is 129 cm³/mol. The highest BCUT2D eigenvalue weighted by Crippen LogP contribution is 2.47. The van der Waals surface area contributed by atoms with Crippen LogP contribution < -0.4 is 4.74 Å². The molecular formula is C29H24N2O. The van der Waals surface area contributed by atoms with Crippen LogP contribution in [0.25, 0.3) is 11.1 Å².